The Morgan fingerprint density at radius 3 is 2.54 bits per heavy atom. The molecule has 0 aliphatic rings. The number of hydrogen-bond donors (Lipinski definition) is 1. The topological polar surface area (TPSA) is 59.1 Å². The normalized spacial score (nSPS) is 11.7. The number of aryl methyl sites for hydroxylation is 1. The average Bonchev–Trinajstić information content (AvgIpc) is 3.04. The van der Waals surface area contributed by atoms with E-state index in [0.717, 1.165) is 34.0 Å². The van der Waals surface area contributed by atoms with Crippen LogP contribution >= 0.6 is 11.3 Å². The highest BCUT2D eigenvalue weighted by Crippen LogP contribution is 2.24. The molecule has 3 rings (SSSR count). The van der Waals surface area contributed by atoms with Crippen LogP contribution in [-0.4, -0.2) is 19.9 Å². The van der Waals surface area contributed by atoms with Crippen molar-refractivity contribution in [1.29, 1.82) is 0 Å². The zero-order chi connectivity index (χ0) is 18.7. The summed E-state index contributed by atoms with van der Waals surface area (Å²) in [5, 5.41) is 2.72. The predicted molar refractivity (Wildman–Crippen MR) is 97.5 cm³/mol. The Kier molecular flexibility index (Phi) is 5.45. The van der Waals surface area contributed by atoms with Gasteiger partial charge in [0.25, 0.3) is 0 Å². The maximum Gasteiger partial charge on any atom is 0.243 e. The highest BCUT2D eigenvalue weighted by molar-refractivity contribution is 7.89. The van der Waals surface area contributed by atoms with Crippen LogP contribution in [0.15, 0.2) is 52.7 Å². The van der Waals surface area contributed by atoms with Crippen molar-refractivity contribution in [2.75, 3.05) is 6.54 Å². The third kappa shape index (κ3) is 4.32. The molecule has 0 fully saturated rings. The standard InChI is InChI=1S/C18H16F2N2O2S2/c1-12-2-4-13(5-3-12)18-22-15(11-25-18)8-9-21-26(23,24)17-7-6-14(19)10-16(17)20/h2-7,10-11,21H,8-9H2,1H3. The second-order valence-electron chi connectivity index (χ2n) is 5.73. The summed E-state index contributed by atoms with van der Waals surface area (Å²) in [7, 11) is -4.04. The van der Waals surface area contributed by atoms with E-state index in [2.05, 4.69) is 9.71 Å². The molecule has 0 amide bonds. The zero-order valence-corrected chi connectivity index (χ0v) is 15.5. The molecule has 136 valence electrons. The van der Waals surface area contributed by atoms with Crippen molar-refractivity contribution >= 4 is 21.4 Å². The third-order valence-corrected chi connectivity index (χ3v) is 6.14. The van der Waals surface area contributed by atoms with Crippen LogP contribution in [0.3, 0.4) is 0 Å². The fraction of sp³-hybridized carbons (Fsp3) is 0.167. The van der Waals surface area contributed by atoms with E-state index in [1.54, 1.807) is 0 Å². The van der Waals surface area contributed by atoms with E-state index in [1.165, 1.54) is 11.3 Å². The number of halogens is 2. The van der Waals surface area contributed by atoms with Crippen molar-refractivity contribution < 1.29 is 17.2 Å². The van der Waals surface area contributed by atoms with E-state index in [9.17, 15) is 17.2 Å². The summed E-state index contributed by atoms with van der Waals surface area (Å²) >= 11 is 1.48. The molecule has 0 unspecified atom stereocenters. The van der Waals surface area contributed by atoms with Crippen molar-refractivity contribution in [1.82, 2.24) is 9.71 Å². The lowest BCUT2D eigenvalue weighted by atomic mass is 10.2. The van der Waals surface area contributed by atoms with Gasteiger partial charge in [0.05, 0.1) is 5.69 Å². The Morgan fingerprint density at radius 2 is 1.85 bits per heavy atom. The maximum atomic E-state index is 13.6. The number of hydrogen-bond acceptors (Lipinski definition) is 4. The molecular formula is C18H16F2N2O2S2. The zero-order valence-electron chi connectivity index (χ0n) is 13.9. The molecule has 1 N–H and O–H groups in total. The molecule has 8 heteroatoms. The number of sulfonamides is 1. The summed E-state index contributed by atoms with van der Waals surface area (Å²) in [5.41, 5.74) is 2.90. The molecule has 0 radical (unpaired) electrons. The molecule has 1 heterocycles. The lowest BCUT2D eigenvalue weighted by Crippen LogP contribution is -2.27. The summed E-state index contributed by atoms with van der Waals surface area (Å²) in [6, 6.07) is 10.3. The molecule has 0 saturated carbocycles. The van der Waals surface area contributed by atoms with Gasteiger partial charge in [0.1, 0.15) is 21.5 Å². The van der Waals surface area contributed by atoms with Crippen LogP contribution in [0.4, 0.5) is 8.78 Å². The van der Waals surface area contributed by atoms with Crippen LogP contribution in [0, 0.1) is 18.6 Å². The van der Waals surface area contributed by atoms with Crippen molar-refractivity contribution in [3.05, 3.63) is 70.7 Å². The minimum atomic E-state index is -4.04. The number of benzene rings is 2. The first-order valence-corrected chi connectivity index (χ1v) is 10.2. The summed E-state index contributed by atoms with van der Waals surface area (Å²) in [4.78, 5) is 3.92. The van der Waals surface area contributed by atoms with Crippen LogP contribution < -0.4 is 4.72 Å². The first-order valence-electron chi connectivity index (χ1n) is 7.81. The van der Waals surface area contributed by atoms with E-state index in [4.69, 9.17) is 0 Å². The Balaban J connectivity index is 1.64. The molecular weight excluding hydrogens is 378 g/mol. The number of aromatic nitrogens is 1. The van der Waals surface area contributed by atoms with Gasteiger partial charge in [0.15, 0.2) is 0 Å². The first kappa shape index (κ1) is 18.6. The van der Waals surface area contributed by atoms with E-state index in [1.807, 2.05) is 36.6 Å². The number of nitrogens with one attached hydrogen (secondary N) is 1. The van der Waals surface area contributed by atoms with Crippen molar-refractivity contribution in [3.8, 4) is 10.6 Å². The molecule has 2 aromatic carbocycles. The van der Waals surface area contributed by atoms with Crippen molar-refractivity contribution in [3.63, 3.8) is 0 Å². The lowest BCUT2D eigenvalue weighted by molar-refractivity contribution is 0.543. The summed E-state index contributed by atoms with van der Waals surface area (Å²) in [6.45, 7) is 2.07. The van der Waals surface area contributed by atoms with Gasteiger partial charge in [-0.3, -0.25) is 0 Å². The van der Waals surface area contributed by atoms with E-state index >= 15 is 0 Å². The van der Waals surface area contributed by atoms with Crippen molar-refractivity contribution in [2.24, 2.45) is 0 Å². The van der Waals surface area contributed by atoms with E-state index in [-0.39, 0.29) is 6.54 Å². The molecule has 0 aliphatic carbocycles. The first-order chi connectivity index (χ1) is 12.3. The predicted octanol–water partition coefficient (Wildman–Crippen LogP) is 3.92. The largest absolute Gasteiger partial charge is 0.243 e. The number of nitrogens with zero attached hydrogens (tertiary/aromatic N) is 1. The second kappa shape index (κ2) is 7.61. The van der Waals surface area contributed by atoms with Crippen LogP contribution in [0.25, 0.3) is 10.6 Å². The van der Waals surface area contributed by atoms with Gasteiger partial charge in [-0.2, -0.15) is 0 Å². The highest BCUT2D eigenvalue weighted by Gasteiger charge is 2.19. The quantitative estimate of drug-likeness (QED) is 0.689. The summed E-state index contributed by atoms with van der Waals surface area (Å²) in [6.07, 6.45) is 0.365. The van der Waals surface area contributed by atoms with Crippen LogP contribution in [0.2, 0.25) is 0 Å². The molecule has 3 aromatic rings. The van der Waals surface area contributed by atoms with E-state index in [0.29, 0.717) is 12.5 Å². The van der Waals surface area contributed by atoms with Gasteiger partial charge in [-0.15, -0.1) is 11.3 Å². The number of thiazole rings is 1. The molecule has 0 bridgehead atoms. The molecule has 0 spiro atoms. The summed E-state index contributed by atoms with van der Waals surface area (Å²) < 4.78 is 53.1. The van der Waals surface area contributed by atoms with Gasteiger partial charge in [-0.1, -0.05) is 29.8 Å². The molecule has 0 saturated heterocycles. The van der Waals surface area contributed by atoms with Gasteiger partial charge in [-0.25, -0.2) is 26.9 Å². The second-order valence-corrected chi connectivity index (χ2v) is 8.33. The SMILES string of the molecule is Cc1ccc(-c2nc(CCNS(=O)(=O)c3ccc(F)cc3F)cs2)cc1. The minimum absolute atomic E-state index is 0.0657. The minimum Gasteiger partial charge on any atom is -0.241 e. The van der Waals surface area contributed by atoms with Crippen LogP contribution in [-0.2, 0) is 16.4 Å². The Morgan fingerprint density at radius 1 is 1.12 bits per heavy atom. The smallest absolute Gasteiger partial charge is 0.241 e. The van der Waals surface area contributed by atoms with Gasteiger partial charge in [0.2, 0.25) is 10.0 Å². The number of rotatable bonds is 6. The molecule has 0 atom stereocenters. The summed E-state index contributed by atoms with van der Waals surface area (Å²) in [5.74, 6) is -1.94. The van der Waals surface area contributed by atoms with Gasteiger partial charge in [0, 0.05) is 30.0 Å². The Bertz CT molecular complexity index is 1020. The lowest BCUT2D eigenvalue weighted by Gasteiger charge is -2.07. The van der Waals surface area contributed by atoms with Gasteiger partial charge in [-0.05, 0) is 19.1 Å². The maximum absolute atomic E-state index is 13.6. The molecule has 26 heavy (non-hydrogen) atoms. The van der Waals surface area contributed by atoms with Crippen LogP contribution in [0.5, 0.6) is 0 Å². The Labute approximate surface area is 154 Å². The van der Waals surface area contributed by atoms with Crippen LogP contribution in [0.1, 0.15) is 11.3 Å². The third-order valence-electron chi connectivity index (χ3n) is 3.71. The van der Waals surface area contributed by atoms with Gasteiger partial charge < -0.3 is 0 Å². The molecule has 4 nitrogen and oxygen atoms in total. The fourth-order valence-corrected chi connectivity index (χ4v) is 4.28. The highest BCUT2D eigenvalue weighted by atomic mass is 32.2. The average molecular weight is 394 g/mol. The molecule has 1 aromatic heterocycles. The van der Waals surface area contributed by atoms with Gasteiger partial charge >= 0.3 is 0 Å². The Hall–Kier alpha value is -2.16. The van der Waals surface area contributed by atoms with E-state index < -0.39 is 26.6 Å². The monoisotopic (exact) mass is 394 g/mol. The van der Waals surface area contributed by atoms with Crippen molar-refractivity contribution in [2.45, 2.75) is 18.2 Å². The molecule has 0 aliphatic heterocycles. The fourth-order valence-electron chi connectivity index (χ4n) is 2.33.